The van der Waals surface area contributed by atoms with Crippen molar-refractivity contribution in [3.05, 3.63) is 47.8 Å². The number of rotatable bonds is 1. The van der Waals surface area contributed by atoms with E-state index in [1.807, 2.05) is 20.8 Å². The molecule has 0 bridgehead atoms. The zero-order valence-corrected chi connectivity index (χ0v) is 12.1. The topological polar surface area (TPSA) is 30.7 Å². The second kappa shape index (κ2) is 7.67. The van der Waals surface area contributed by atoms with Crippen LogP contribution in [0.5, 0.6) is 0 Å². The number of halogens is 1. The lowest BCUT2D eigenvalue weighted by Crippen LogP contribution is -1.93. The van der Waals surface area contributed by atoms with Crippen molar-refractivity contribution in [1.29, 1.82) is 0 Å². The molecule has 19 heavy (non-hydrogen) atoms. The number of hydrogen-bond acceptors (Lipinski definition) is 2. The lowest BCUT2D eigenvalue weighted by molar-refractivity contribution is 0.580. The van der Waals surface area contributed by atoms with E-state index in [4.69, 9.17) is 0 Å². The summed E-state index contributed by atoms with van der Waals surface area (Å²) in [7, 11) is 0. The fourth-order valence-corrected chi connectivity index (χ4v) is 1.49. The Morgan fingerprint density at radius 3 is 2.16 bits per heavy atom. The first-order valence-corrected chi connectivity index (χ1v) is 6.76. The van der Waals surface area contributed by atoms with Crippen molar-refractivity contribution in [1.82, 2.24) is 14.8 Å². The first kappa shape index (κ1) is 15.3. The van der Waals surface area contributed by atoms with E-state index in [0.29, 0.717) is 5.69 Å². The van der Waals surface area contributed by atoms with Gasteiger partial charge in [0.25, 0.3) is 0 Å². The monoisotopic (exact) mass is 263 g/mol. The van der Waals surface area contributed by atoms with E-state index in [1.54, 1.807) is 19.1 Å². The van der Waals surface area contributed by atoms with Gasteiger partial charge in [0.2, 0.25) is 5.95 Å². The highest BCUT2D eigenvalue weighted by molar-refractivity contribution is 5.01. The van der Waals surface area contributed by atoms with Crippen molar-refractivity contribution in [2.24, 2.45) is 0 Å². The Kier molecular flexibility index (Phi) is 6.19. The Morgan fingerprint density at radius 2 is 1.79 bits per heavy atom. The molecule has 0 radical (unpaired) electrons. The van der Waals surface area contributed by atoms with Crippen LogP contribution in [0.25, 0.3) is 0 Å². The van der Waals surface area contributed by atoms with Gasteiger partial charge in [-0.3, -0.25) is 4.68 Å². The molecule has 0 amide bonds. The van der Waals surface area contributed by atoms with Gasteiger partial charge in [0.1, 0.15) is 0 Å². The Bertz CT molecular complexity index is 472. The van der Waals surface area contributed by atoms with Crippen LogP contribution in [0.15, 0.2) is 30.5 Å². The maximum Gasteiger partial charge on any atom is 0.213 e. The fourth-order valence-electron chi connectivity index (χ4n) is 1.49. The molecule has 4 heteroatoms. The van der Waals surface area contributed by atoms with E-state index < -0.39 is 5.95 Å². The van der Waals surface area contributed by atoms with Gasteiger partial charge in [0, 0.05) is 11.9 Å². The largest absolute Gasteiger partial charge is 0.269 e. The molecule has 2 heterocycles. The predicted molar refractivity (Wildman–Crippen MR) is 75.5 cm³/mol. The third-order valence-electron chi connectivity index (χ3n) is 2.52. The Hall–Kier alpha value is -1.71. The molecule has 2 aromatic heterocycles. The van der Waals surface area contributed by atoms with Crippen molar-refractivity contribution in [2.45, 2.75) is 46.6 Å². The van der Waals surface area contributed by atoms with E-state index >= 15 is 0 Å². The average molecular weight is 263 g/mol. The van der Waals surface area contributed by atoms with Gasteiger partial charge in [-0.25, -0.2) is 4.98 Å². The summed E-state index contributed by atoms with van der Waals surface area (Å²) >= 11 is 0. The number of pyridine rings is 1. The molecule has 0 atom stereocenters. The molecule has 0 aromatic carbocycles. The number of nitrogens with zero attached hydrogens (tertiary/aromatic N) is 3. The van der Waals surface area contributed by atoms with E-state index in [9.17, 15) is 4.39 Å². The zero-order valence-electron chi connectivity index (χ0n) is 12.1. The summed E-state index contributed by atoms with van der Waals surface area (Å²) in [5, 5.41) is 4.29. The third kappa shape index (κ3) is 5.64. The Balaban J connectivity index is 0.000000170. The lowest BCUT2D eigenvalue weighted by Gasteiger charge is -1.92. The number of hydrogen-bond donors (Lipinski definition) is 0. The van der Waals surface area contributed by atoms with Crippen LogP contribution in [0.1, 0.15) is 44.1 Å². The summed E-state index contributed by atoms with van der Waals surface area (Å²) in [6.45, 7) is 7.78. The van der Waals surface area contributed by atoms with Gasteiger partial charge in [-0.15, -0.1) is 0 Å². The van der Waals surface area contributed by atoms with Gasteiger partial charge in [0.15, 0.2) is 0 Å². The highest BCUT2D eigenvalue weighted by atomic mass is 19.1. The van der Waals surface area contributed by atoms with Crippen LogP contribution in [0, 0.1) is 19.8 Å². The minimum Gasteiger partial charge on any atom is -0.269 e. The number of aryl methyl sites for hydroxylation is 2. The molecule has 0 aliphatic heterocycles. The summed E-state index contributed by atoms with van der Waals surface area (Å²) in [5.74, 6) is -0.412. The van der Waals surface area contributed by atoms with Gasteiger partial charge in [-0.05, 0) is 44.9 Å². The van der Waals surface area contributed by atoms with Crippen molar-refractivity contribution >= 4 is 0 Å². The molecule has 1 aliphatic rings. The molecule has 1 fully saturated rings. The average Bonchev–Trinajstić information content (AvgIpc) is 3.15. The SMILES string of the molecule is CC.Cc1cccc(F)n1.Cc1ccn(C2CC2)n1. The van der Waals surface area contributed by atoms with Crippen molar-refractivity contribution in [2.75, 3.05) is 0 Å². The van der Waals surface area contributed by atoms with Gasteiger partial charge in [-0.2, -0.15) is 9.49 Å². The summed E-state index contributed by atoms with van der Waals surface area (Å²) in [6, 6.07) is 7.50. The molecule has 1 saturated carbocycles. The predicted octanol–water partition coefficient (Wildman–Crippen LogP) is 4.08. The molecule has 0 spiro atoms. The first-order chi connectivity index (χ1) is 9.15. The molecule has 0 unspecified atom stereocenters. The summed E-state index contributed by atoms with van der Waals surface area (Å²) in [4.78, 5) is 3.51. The van der Waals surface area contributed by atoms with Crippen LogP contribution in [0.3, 0.4) is 0 Å². The Labute approximate surface area is 114 Å². The lowest BCUT2D eigenvalue weighted by atomic mass is 10.4. The fraction of sp³-hybridized carbons (Fsp3) is 0.467. The van der Waals surface area contributed by atoms with Gasteiger partial charge in [-0.1, -0.05) is 19.9 Å². The standard InChI is InChI=1S/C7H10N2.C6H6FN.C2H6/c1-6-4-5-9(8-6)7-2-3-7;1-5-3-2-4-6(7)8-5;1-2/h4-5,7H,2-3H2,1H3;2-4H,1H3;1-2H3. The van der Waals surface area contributed by atoms with Crippen LogP contribution in [0.4, 0.5) is 4.39 Å². The Morgan fingerprint density at radius 1 is 1.11 bits per heavy atom. The maximum atomic E-state index is 12.1. The molecule has 3 rings (SSSR count). The highest BCUT2D eigenvalue weighted by Gasteiger charge is 2.23. The minimum atomic E-state index is -0.412. The summed E-state index contributed by atoms with van der Waals surface area (Å²) in [6.07, 6.45) is 4.70. The zero-order chi connectivity index (χ0) is 14.3. The van der Waals surface area contributed by atoms with Crippen LogP contribution < -0.4 is 0 Å². The van der Waals surface area contributed by atoms with Crippen LogP contribution in [-0.2, 0) is 0 Å². The van der Waals surface area contributed by atoms with Crippen LogP contribution >= 0.6 is 0 Å². The quantitative estimate of drug-likeness (QED) is 0.726. The third-order valence-corrected chi connectivity index (χ3v) is 2.52. The molecular formula is C15H22FN3. The van der Waals surface area contributed by atoms with Crippen molar-refractivity contribution < 1.29 is 4.39 Å². The van der Waals surface area contributed by atoms with E-state index in [0.717, 1.165) is 11.7 Å². The van der Waals surface area contributed by atoms with E-state index in [-0.39, 0.29) is 0 Å². The first-order valence-electron chi connectivity index (χ1n) is 6.76. The van der Waals surface area contributed by atoms with Crippen LogP contribution in [-0.4, -0.2) is 14.8 Å². The van der Waals surface area contributed by atoms with E-state index in [2.05, 4.69) is 27.0 Å². The molecule has 104 valence electrons. The summed E-state index contributed by atoms with van der Waals surface area (Å²) < 4.78 is 14.1. The van der Waals surface area contributed by atoms with Gasteiger partial charge >= 0.3 is 0 Å². The minimum absolute atomic E-state index is 0.412. The van der Waals surface area contributed by atoms with Gasteiger partial charge in [0.05, 0.1) is 11.7 Å². The van der Waals surface area contributed by atoms with Crippen molar-refractivity contribution in [3.8, 4) is 0 Å². The van der Waals surface area contributed by atoms with E-state index in [1.165, 1.54) is 18.9 Å². The van der Waals surface area contributed by atoms with Crippen molar-refractivity contribution in [3.63, 3.8) is 0 Å². The summed E-state index contributed by atoms with van der Waals surface area (Å²) in [5.41, 5.74) is 1.84. The molecule has 0 saturated heterocycles. The molecule has 0 N–H and O–H groups in total. The smallest absolute Gasteiger partial charge is 0.213 e. The normalized spacial score (nSPS) is 12.9. The number of aromatic nitrogens is 3. The second-order valence-corrected chi connectivity index (χ2v) is 4.27. The molecule has 3 nitrogen and oxygen atoms in total. The van der Waals surface area contributed by atoms with Crippen LogP contribution in [0.2, 0.25) is 0 Å². The highest BCUT2D eigenvalue weighted by Crippen LogP contribution is 2.33. The molecular weight excluding hydrogens is 241 g/mol. The van der Waals surface area contributed by atoms with Gasteiger partial charge < -0.3 is 0 Å². The molecule has 2 aromatic rings. The second-order valence-electron chi connectivity index (χ2n) is 4.27. The maximum absolute atomic E-state index is 12.1. The molecule has 1 aliphatic carbocycles.